The first-order valence-corrected chi connectivity index (χ1v) is 13.2. The van der Waals surface area contributed by atoms with Crippen LogP contribution in [0.3, 0.4) is 0 Å². The molecule has 0 fully saturated rings. The van der Waals surface area contributed by atoms with Gasteiger partial charge in [-0.25, -0.2) is 9.79 Å². The third kappa shape index (κ3) is 6.59. The molecule has 1 N–H and O–H groups in total. The number of carbonyl (C=O) groups is 2. The number of amides is 1. The lowest BCUT2D eigenvalue weighted by atomic mass is 10.1. The molecule has 1 heterocycles. The van der Waals surface area contributed by atoms with Gasteiger partial charge < -0.3 is 14.6 Å². The van der Waals surface area contributed by atoms with Crippen molar-refractivity contribution in [2.24, 2.45) is 4.99 Å². The van der Waals surface area contributed by atoms with E-state index in [2.05, 4.69) is 4.99 Å². The van der Waals surface area contributed by atoms with E-state index in [9.17, 15) is 24.8 Å². The number of aliphatic hydroxyl groups is 1. The first kappa shape index (κ1) is 28.6. The van der Waals surface area contributed by atoms with Crippen molar-refractivity contribution in [2.75, 3.05) is 6.61 Å². The number of nitrogens with zero attached hydrogens (tertiary/aromatic N) is 2. The number of hydrogen-bond acceptors (Lipinski definition) is 8. The highest BCUT2D eigenvalue weighted by atomic mass is 35.5. The average molecular weight is 579 g/mol. The minimum atomic E-state index is -0.791. The maximum atomic E-state index is 12.9. The molecule has 1 amide bonds. The molecule has 3 aromatic rings. The van der Waals surface area contributed by atoms with Crippen LogP contribution in [0.25, 0.3) is 6.08 Å². The zero-order valence-corrected chi connectivity index (χ0v) is 23.0. The number of hydrogen-bond donors (Lipinski definition) is 1. The van der Waals surface area contributed by atoms with Gasteiger partial charge >= 0.3 is 5.97 Å². The Bertz CT molecular complexity index is 1580. The second-order valence-electron chi connectivity index (χ2n) is 8.49. The van der Waals surface area contributed by atoms with Gasteiger partial charge in [0.25, 0.3) is 11.6 Å². The molecule has 1 aliphatic heterocycles. The van der Waals surface area contributed by atoms with Crippen LogP contribution in [0.2, 0.25) is 5.02 Å². The molecule has 11 heteroatoms. The SMILES string of the molecule is CCOC(=O)C1=C(O)/C(=C/c2ccc(OCc3ccc([N+](=O)[O-])cc3)c(Cl)c2)SC1=NC(=O)c1ccccc1C. The summed E-state index contributed by atoms with van der Waals surface area (Å²) in [5.74, 6) is -1.30. The monoisotopic (exact) mass is 578 g/mol. The lowest BCUT2D eigenvalue weighted by molar-refractivity contribution is -0.384. The summed E-state index contributed by atoms with van der Waals surface area (Å²) in [7, 11) is 0. The largest absolute Gasteiger partial charge is 0.506 e. The van der Waals surface area contributed by atoms with Crippen LogP contribution in [-0.4, -0.2) is 33.6 Å². The van der Waals surface area contributed by atoms with Gasteiger partial charge in [-0.3, -0.25) is 14.9 Å². The number of aliphatic hydroxyl groups excluding tert-OH is 1. The Morgan fingerprint density at radius 1 is 1.12 bits per heavy atom. The summed E-state index contributed by atoms with van der Waals surface area (Å²) < 4.78 is 10.8. The van der Waals surface area contributed by atoms with E-state index in [0.29, 0.717) is 16.9 Å². The number of halogens is 1. The van der Waals surface area contributed by atoms with Crippen LogP contribution in [-0.2, 0) is 16.1 Å². The molecule has 204 valence electrons. The van der Waals surface area contributed by atoms with Crippen molar-refractivity contribution >= 4 is 52.0 Å². The van der Waals surface area contributed by atoms with Gasteiger partial charge in [0, 0.05) is 17.7 Å². The van der Waals surface area contributed by atoms with E-state index in [0.717, 1.165) is 22.9 Å². The fourth-order valence-electron chi connectivity index (χ4n) is 3.71. The van der Waals surface area contributed by atoms with E-state index in [-0.39, 0.29) is 45.2 Å². The second kappa shape index (κ2) is 12.6. The Kier molecular flexibility index (Phi) is 9.03. The number of carbonyl (C=O) groups excluding carboxylic acids is 2. The zero-order chi connectivity index (χ0) is 28.8. The summed E-state index contributed by atoms with van der Waals surface area (Å²) in [6.45, 7) is 3.64. The summed E-state index contributed by atoms with van der Waals surface area (Å²) in [4.78, 5) is 40.3. The van der Waals surface area contributed by atoms with Crippen LogP contribution in [0.4, 0.5) is 5.69 Å². The van der Waals surface area contributed by atoms with Crippen molar-refractivity contribution in [2.45, 2.75) is 20.5 Å². The Labute approximate surface area is 238 Å². The van der Waals surface area contributed by atoms with Gasteiger partial charge in [-0.2, -0.15) is 0 Å². The molecule has 0 saturated carbocycles. The number of rotatable bonds is 8. The number of nitro groups is 1. The molecule has 0 aliphatic carbocycles. The van der Waals surface area contributed by atoms with Crippen molar-refractivity contribution in [1.29, 1.82) is 0 Å². The van der Waals surface area contributed by atoms with Crippen LogP contribution in [0.5, 0.6) is 5.75 Å². The van der Waals surface area contributed by atoms with Gasteiger partial charge in [0.2, 0.25) is 0 Å². The highest BCUT2D eigenvalue weighted by Crippen LogP contribution is 2.40. The first-order chi connectivity index (χ1) is 19.2. The lowest BCUT2D eigenvalue weighted by Gasteiger charge is -2.09. The maximum Gasteiger partial charge on any atom is 0.344 e. The maximum absolute atomic E-state index is 12.9. The number of non-ortho nitro benzene ring substituents is 1. The van der Waals surface area contributed by atoms with Crippen molar-refractivity contribution in [3.05, 3.63) is 120 Å². The second-order valence-corrected chi connectivity index (χ2v) is 9.93. The van der Waals surface area contributed by atoms with Gasteiger partial charge in [0.1, 0.15) is 28.7 Å². The third-order valence-corrected chi connectivity index (χ3v) is 7.06. The molecule has 0 saturated heterocycles. The minimum Gasteiger partial charge on any atom is -0.506 e. The van der Waals surface area contributed by atoms with Crippen LogP contribution in [0, 0.1) is 17.0 Å². The van der Waals surface area contributed by atoms with Gasteiger partial charge in [0.15, 0.2) is 0 Å². The molecule has 4 rings (SSSR count). The third-order valence-electron chi connectivity index (χ3n) is 5.74. The van der Waals surface area contributed by atoms with Crippen molar-refractivity contribution in [3.8, 4) is 5.75 Å². The fraction of sp³-hybridized carbons (Fsp3) is 0.138. The number of aryl methyl sites for hydroxylation is 1. The van der Waals surface area contributed by atoms with E-state index >= 15 is 0 Å². The summed E-state index contributed by atoms with van der Waals surface area (Å²) in [5.41, 5.74) is 2.23. The van der Waals surface area contributed by atoms with Gasteiger partial charge in [-0.15, -0.1) is 0 Å². The van der Waals surface area contributed by atoms with Crippen LogP contribution < -0.4 is 4.74 Å². The van der Waals surface area contributed by atoms with E-state index in [1.165, 1.54) is 12.1 Å². The molecule has 0 bridgehead atoms. The molecule has 3 aromatic carbocycles. The van der Waals surface area contributed by atoms with Gasteiger partial charge in [-0.1, -0.05) is 47.6 Å². The molecule has 1 aliphatic rings. The standard InChI is InChI=1S/C29H23ClN2O7S/c1-3-38-29(35)25-26(33)24(40-28(25)31-27(34)21-7-5-4-6-17(21)2)15-19-10-13-23(22(30)14-19)39-16-18-8-11-20(12-9-18)32(36)37/h4-15,33H,3,16H2,1-2H3/b24-15-,31-28?. The molecule has 0 spiro atoms. The van der Waals surface area contributed by atoms with Crippen LogP contribution in [0.1, 0.15) is 34.0 Å². The van der Waals surface area contributed by atoms with Gasteiger partial charge in [0.05, 0.1) is 21.5 Å². The summed E-state index contributed by atoms with van der Waals surface area (Å²) in [6, 6.07) is 17.9. The van der Waals surface area contributed by atoms with Crippen LogP contribution >= 0.6 is 23.4 Å². The van der Waals surface area contributed by atoms with E-state index in [1.807, 2.05) is 0 Å². The van der Waals surface area contributed by atoms with Gasteiger partial charge in [-0.05, 0) is 66.9 Å². The first-order valence-electron chi connectivity index (χ1n) is 12.0. The normalized spacial score (nSPS) is 15.0. The lowest BCUT2D eigenvalue weighted by Crippen LogP contribution is -2.14. The quantitative estimate of drug-likeness (QED) is 0.175. The molecule has 9 nitrogen and oxygen atoms in total. The molecule has 0 atom stereocenters. The Hall–Kier alpha value is -4.41. The number of nitro benzene ring substituents is 1. The number of esters is 1. The number of benzene rings is 3. The zero-order valence-electron chi connectivity index (χ0n) is 21.4. The Morgan fingerprint density at radius 2 is 1.85 bits per heavy atom. The number of aliphatic imine (C=N–C) groups is 1. The summed E-state index contributed by atoms with van der Waals surface area (Å²) >= 11 is 7.39. The fourth-order valence-corrected chi connectivity index (χ4v) is 4.96. The summed E-state index contributed by atoms with van der Waals surface area (Å²) in [6.07, 6.45) is 1.60. The van der Waals surface area contributed by atoms with Crippen molar-refractivity contribution in [1.82, 2.24) is 0 Å². The smallest absolute Gasteiger partial charge is 0.344 e. The van der Waals surface area contributed by atoms with Crippen LogP contribution in [0.15, 0.2) is 88.0 Å². The predicted molar refractivity (Wildman–Crippen MR) is 154 cm³/mol. The number of thioether (sulfide) groups is 1. The highest BCUT2D eigenvalue weighted by molar-refractivity contribution is 8.18. The van der Waals surface area contributed by atoms with E-state index in [1.54, 1.807) is 74.5 Å². The van der Waals surface area contributed by atoms with Crippen molar-refractivity contribution < 1.29 is 29.1 Å². The Morgan fingerprint density at radius 3 is 2.50 bits per heavy atom. The minimum absolute atomic E-state index is 0.0138. The molecule has 40 heavy (non-hydrogen) atoms. The van der Waals surface area contributed by atoms with E-state index < -0.39 is 16.8 Å². The number of ether oxygens (including phenoxy) is 2. The molecule has 0 unspecified atom stereocenters. The predicted octanol–water partition coefficient (Wildman–Crippen LogP) is 6.84. The molecule has 0 radical (unpaired) electrons. The Balaban J connectivity index is 1.57. The van der Waals surface area contributed by atoms with Crippen molar-refractivity contribution in [3.63, 3.8) is 0 Å². The summed E-state index contributed by atoms with van der Waals surface area (Å²) in [5, 5.41) is 22.0. The molecular weight excluding hydrogens is 556 g/mol. The highest BCUT2D eigenvalue weighted by Gasteiger charge is 2.34. The average Bonchev–Trinajstić information content (AvgIpc) is 3.22. The topological polar surface area (TPSA) is 128 Å². The molecular formula is C29H23ClN2O7S. The van der Waals surface area contributed by atoms with E-state index in [4.69, 9.17) is 21.1 Å². The molecule has 0 aromatic heterocycles.